The molecule has 0 N–H and O–H groups in total. The first kappa shape index (κ1) is 14.5. The Morgan fingerprint density at radius 1 is 1.16 bits per heavy atom. The lowest BCUT2D eigenvalue weighted by Gasteiger charge is -2.12. The van der Waals surface area contributed by atoms with Gasteiger partial charge >= 0.3 is 0 Å². The third-order valence-electron chi connectivity index (χ3n) is 4.65. The van der Waals surface area contributed by atoms with Crippen molar-refractivity contribution in [3.05, 3.63) is 62.6 Å². The molecule has 0 atom stereocenters. The van der Waals surface area contributed by atoms with Crippen molar-refractivity contribution in [2.45, 2.75) is 26.2 Å². The molecule has 1 aliphatic carbocycles. The summed E-state index contributed by atoms with van der Waals surface area (Å²) in [6, 6.07) is 9.47. The van der Waals surface area contributed by atoms with E-state index in [1.54, 1.807) is 15.9 Å². The first-order valence-corrected chi connectivity index (χ1v) is 8.58. The summed E-state index contributed by atoms with van der Waals surface area (Å²) in [7, 11) is 0. The van der Waals surface area contributed by atoms with E-state index in [9.17, 15) is 4.79 Å². The van der Waals surface area contributed by atoms with Crippen LogP contribution in [-0.4, -0.2) is 18.9 Å². The largest absolute Gasteiger partial charge is 0.443 e. The van der Waals surface area contributed by atoms with Crippen molar-refractivity contribution in [1.82, 2.24) is 18.9 Å². The van der Waals surface area contributed by atoms with E-state index in [-0.39, 0.29) is 5.56 Å². The van der Waals surface area contributed by atoms with Gasteiger partial charge in [-0.2, -0.15) is 4.98 Å². The fourth-order valence-electron chi connectivity index (χ4n) is 3.60. The van der Waals surface area contributed by atoms with Gasteiger partial charge < -0.3 is 4.42 Å². The molecule has 25 heavy (non-hydrogen) atoms. The fourth-order valence-corrected chi connectivity index (χ4v) is 3.90. The molecule has 0 unspecified atom stereocenters. The average Bonchev–Trinajstić information content (AvgIpc) is 3.16. The highest BCUT2D eigenvalue weighted by Gasteiger charge is 2.26. The first-order chi connectivity index (χ1) is 12.1. The summed E-state index contributed by atoms with van der Waals surface area (Å²) in [4.78, 5) is 22.2. The van der Waals surface area contributed by atoms with E-state index in [2.05, 4.69) is 9.97 Å². The first-order valence-electron chi connectivity index (χ1n) is 8.17. The van der Waals surface area contributed by atoms with E-state index in [0.717, 1.165) is 36.3 Å². The number of rotatable bonds is 1. The predicted molar refractivity (Wildman–Crippen MR) is 96.0 cm³/mol. The van der Waals surface area contributed by atoms with Gasteiger partial charge in [0, 0.05) is 12.0 Å². The Hall–Kier alpha value is -2.80. The van der Waals surface area contributed by atoms with Gasteiger partial charge in [0.15, 0.2) is 0 Å². The molecule has 0 spiro atoms. The Labute approximate surface area is 147 Å². The molecule has 3 aromatic heterocycles. The van der Waals surface area contributed by atoms with Crippen LogP contribution in [0.2, 0.25) is 0 Å². The van der Waals surface area contributed by atoms with Gasteiger partial charge in [-0.25, -0.2) is 14.0 Å². The van der Waals surface area contributed by atoms with Gasteiger partial charge in [0.2, 0.25) is 16.3 Å². The summed E-state index contributed by atoms with van der Waals surface area (Å²) in [6.07, 6.45) is 2.69. The monoisotopic (exact) mass is 350 g/mol. The van der Waals surface area contributed by atoms with Crippen LogP contribution in [0.15, 0.2) is 39.5 Å². The van der Waals surface area contributed by atoms with Crippen molar-refractivity contribution in [3.8, 4) is 5.69 Å². The molecule has 1 aliphatic rings. The molecule has 6 nitrogen and oxygen atoms in total. The highest BCUT2D eigenvalue weighted by Crippen LogP contribution is 2.31. The van der Waals surface area contributed by atoms with Gasteiger partial charge in [-0.3, -0.25) is 4.79 Å². The van der Waals surface area contributed by atoms with Crippen LogP contribution >= 0.6 is 12.2 Å². The second kappa shape index (κ2) is 5.10. The van der Waals surface area contributed by atoms with Crippen LogP contribution in [-0.2, 0) is 12.8 Å². The van der Waals surface area contributed by atoms with Crippen molar-refractivity contribution in [2.75, 3.05) is 0 Å². The smallest absolute Gasteiger partial charge is 0.271 e. The molecule has 0 aliphatic heterocycles. The van der Waals surface area contributed by atoms with Crippen molar-refractivity contribution in [3.63, 3.8) is 0 Å². The number of benzene rings is 1. The van der Waals surface area contributed by atoms with Crippen LogP contribution in [0, 0.1) is 11.7 Å². The zero-order valence-electron chi connectivity index (χ0n) is 13.5. The van der Waals surface area contributed by atoms with Crippen LogP contribution in [0.4, 0.5) is 0 Å². The Kier molecular flexibility index (Phi) is 2.96. The number of nitrogens with zero attached hydrogens (tertiary/aromatic N) is 4. The Morgan fingerprint density at radius 3 is 2.76 bits per heavy atom. The molecule has 0 saturated carbocycles. The van der Waals surface area contributed by atoms with E-state index in [1.807, 2.05) is 30.3 Å². The van der Waals surface area contributed by atoms with E-state index >= 15 is 0 Å². The van der Waals surface area contributed by atoms with Crippen molar-refractivity contribution in [2.24, 2.45) is 0 Å². The topological polar surface area (TPSA) is 65.3 Å². The lowest BCUT2D eigenvalue weighted by Crippen LogP contribution is -2.24. The van der Waals surface area contributed by atoms with Crippen LogP contribution < -0.4 is 5.56 Å². The summed E-state index contributed by atoms with van der Waals surface area (Å²) >= 11 is 5.46. The summed E-state index contributed by atoms with van der Waals surface area (Å²) in [5.41, 5.74) is 2.07. The minimum absolute atomic E-state index is 0.124. The second-order valence-electron chi connectivity index (χ2n) is 6.20. The van der Waals surface area contributed by atoms with Crippen LogP contribution in [0.1, 0.15) is 23.6 Å². The SMILES string of the molecule is Cc1nc(=S)n2c3oc4c(c3c(=O)n(-c3ccccc3)c2n1)CCC4. The number of furan rings is 1. The van der Waals surface area contributed by atoms with Crippen molar-refractivity contribution in [1.29, 1.82) is 0 Å². The molecular weight excluding hydrogens is 336 g/mol. The second-order valence-corrected chi connectivity index (χ2v) is 6.57. The summed E-state index contributed by atoms with van der Waals surface area (Å²) in [5.74, 6) is 1.82. The fraction of sp³-hybridized carbons (Fsp3) is 0.222. The van der Waals surface area contributed by atoms with E-state index in [0.29, 0.717) is 27.5 Å². The summed E-state index contributed by atoms with van der Waals surface area (Å²) in [6.45, 7) is 1.77. The summed E-state index contributed by atoms with van der Waals surface area (Å²) in [5, 5.41) is 0.590. The minimum atomic E-state index is -0.124. The van der Waals surface area contributed by atoms with Gasteiger partial charge in [-0.1, -0.05) is 18.2 Å². The van der Waals surface area contributed by atoms with Crippen LogP contribution in [0.3, 0.4) is 0 Å². The number of aryl methyl sites for hydroxylation is 3. The van der Waals surface area contributed by atoms with Crippen LogP contribution in [0.25, 0.3) is 22.6 Å². The van der Waals surface area contributed by atoms with Gasteiger partial charge in [0.1, 0.15) is 17.0 Å². The highest BCUT2D eigenvalue weighted by molar-refractivity contribution is 7.71. The third-order valence-corrected chi connectivity index (χ3v) is 4.92. The molecule has 0 bridgehead atoms. The van der Waals surface area contributed by atoms with Crippen molar-refractivity contribution < 1.29 is 4.42 Å². The van der Waals surface area contributed by atoms with Crippen LogP contribution in [0.5, 0.6) is 0 Å². The molecule has 7 heteroatoms. The Bertz CT molecular complexity index is 1270. The van der Waals surface area contributed by atoms with E-state index < -0.39 is 0 Å². The zero-order chi connectivity index (χ0) is 17.1. The molecule has 1 aromatic carbocycles. The third kappa shape index (κ3) is 1.96. The Balaban J connectivity index is 2.10. The Morgan fingerprint density at radius 2 is 1.96 bits per heavy atom. The number of hydrogen-bond acceptors (Lipinski definition) is 5. The lowest BCUT2D eigenvalue weighted by atomic mass is 10.2. The molecule has 4 aromatic rings. The number of fused-ring (bicyclic) bond motifs is 5. The minimum Gasteiger partial charge on any atom is -0.443 e. The molecule has 124 valence electrons. The standard InChI is InChI=1S/C18H14N4O2S/c1-10-19-17-21(11-6-3-2-4-7-11)15(23)14-12-8-5-9-13(12)24-16(14)22(17)18(25)20-10/h2-4,6-7H,5,8-9H2,1H3. The van der Waals surface area contributed by atoms with Gasteiger partial charge in [0.05, 0.1) is 5.69 Å². The number of aromatic nitrogens is 4. The maximum Gasteiger partial charge on any atom is 0.271 e. The average molecular weight is 350 g/mol. The van der Waals surface area contributed by atoms with E-state index in [1.165, 1.54) is 0 Å². The molecule has 0 saturated heterocycles. The van der Waals surface area contributed by atoms with Gasteiger partial charge in [-0.15, -0.1) is 0 Å². The molecule has 5 rings (SSSR count). The van der Waals surface area contributed by atoms with Gasteiger partial charge in [0.25, 0.3) is 5.56 Å². The van der Waals surface area contributed by atoms with E-state index in [4.69, 9.17) is 16.6 Å². The molecule has 0 radical (unpaired) electrons. The normalized spacial score (nSPS) is 13.6. The molecular formula is C18H14N4O2S. The maximum atomic E-state index is 13.4. The predicted octanol–water partition coefficient (Wildman–Crippen LogP) is 3.15. The molecule has 0 amide bonds. The zero-order valence-corrected chi connectivity index (χ0v) is 14.3. The summed E-state index contributed by atoms with van der Waals surface area (Å²) < 4.78 is 9.63. The quantitative estimate of drug-likeness (QED) is 0.493. The maximum absolute atomic E-state index is 13.4. The number of hydrogen-bond donors (Lipinski definition) is 0. The van der Waals surface area contributed by atoms with Gasteiger partial charge in [-0.05, 0) is 44.1 Å². The lowest BCUT2D eigenvalue weighted by molar-refractivity contribution is 0.539. The highest BCUT2D eigenvalue weighted by atomic mass is 32.1. The molecule has 3 heterocycles. The number of para-hydroxylation sites is 1. The molecule has 0 fully saturated rings. The van der Waals surface area contributed by atoms with Crippen molar-refractivity contribution >= 4 is 29.1 Å².